The highest BCUT2D eigenvalue weighted by atomic mass is 16.1. The molecule has 1 unspecified atom stereocenters. The van der Waals surface area contributed by atoms with Crippen LogP contribution < -0.4 is 5.32 Å². The molecule has 2 aromatic rings. The molecule has 1 atom stereocenters. The Kier molecular flexibility index (Phi) is 3.59. The third-order valence-electron chi connectivity index (χ3n) is 2.80. The molecule has 90 valence electrons. The highest BCUT2D eigenvalue weighted by Gasteiger charge is 2.13. The van der Waals surface area contributed by atoms with Crippen molar-refractivity contribution in [3.63, 3.8) is 0 Å². The summed E-state index contributed by atoms with van der Waals surface area (Å²) in [5.41, 5.74) is 0.418. The van der Waals surface area contributed by atoms with E-state index < -0.39 is 0 Å². The first-order valence-corrected chi connectivity index (χ1v) is 5.87. The minimum absolute atomic E-state index is 0.225. The van der Waals surface area contributed by atoms with Crippen LogP contribution in [0.5, 0.6) is 0 Å². The number of rotatable bonds is 3. The molecule has 0 aliphatic heterocycles. The van der Waals surface area contributed by atoms with Crippen molar-refractivity contribution in [1.29, 1.82) is 0 Å². The van der Waals surface area contributed by atoms with Gasteiger partial charge in [-0.3, -0.25) is 9.78 Å². The molecule has 1 N–H and O–H groups in total. The summed E-state index contributed by atoms with van der Waals surface area (Å²) in [5.74, 6) is 2.32. The van der Waals surface area contributed by atoms with Crippen LogP contribution in [0.15, 0.2) is 36.5 Å². The number of hydrogen-bond acceptors (Lipinski definition) is 2. The highest BCUT2D eigenvalue weighted by molar-refractivity contribution is 6.05. The van der Waals surface area contributed by atoms with Crippen molar-refractivity contribution in [1.82, 2.24) is 10.3 Å². The molecule has 1 aromatic carbocycles. The predicted octanol–water partition coefficient (Wildman–Crippen LogP) is 2.38. The van der Waals surface area contributed by atoms with Gasteiger partial charge in [0.15, 0.2) is 0 Å². The van der Waals surface area contributed by atoms with Crippen LogP contribution >= 0.6 is 0 Å². The lowest BCUT2D eigenvalue weighted by molar-refractivity contribution is 0.0942. The maximum absolute atomic E-state index is 12.1. The molecule has 2 rings (SSSR count). The first kappa shape index (κ1) is 12.1. The van der Waals surface area contributed by atoms with E-state index in [1.807, 2.05) is 37.3 Å². The van der Waals surface area contributed by atoms with Gasteiger partial charge in [0.25, 0.3) is 5.91 Å². The van der Waals surface area contributed by atoms with E-state index in [-0.39, 0.29) is 11.9 Å². The van der Waals surface area contributed by atoms with Gasteiger partial charge in [0.05, 0.1) is 6.04 Å². The first-order valence-electron chi connectivity index (χ1n) is 5.87. The summed E-state index contributed by atoms with van der Waals surface area (Å²) in [6, 6.07) is 9.28. The molecule has 3 nitrogen and oxygen atoms in total. The Bertz CT molecular complexity index is 608. The molecule has 3 heteroatoms. The Morgan fingerprint density at radius 1 is 1.44 bits per heavy atom. The Morgan fingerprint density at radius 3 is 2.94 bits per heavy atom. The zero-order valence-corrected chi connectivity index (χ0v) is 10.2. The van der Waals surface area contributed by atoms with Crippen molar-refractivity contribution in [2.24, 2.45) is 0 Å². The van der Waals surface area contributed by atoms with Gasteiger partial charge in [-0.15, -0.1) is 6.42 Å². The quantitative estimate of drug-likeness (QED) is 0.834. The van der Waals surface area contributed by atoms with E-state index in [4.69, 9.17) is 6.42 Å². The van der Waals surface area contributed by atoms with Crippen molar-refractivity contribution < 1.29 is 4.79 Å². The van der Waals surface area contributed by atoms with E-state index >= 15 is 0 Å². The fourth-order valence-electron chi connectivity index (χ4n) is 1.79. The van der Waals surface area contributed by atoms with Gasteiger partial charge in [-0.1, -0.05) is 37.1 Å². The molecule has 0 aliphatic carbocycles. The molecular formula is C15H14N2O. The van der Waals surface area contributed by atoms with Crippen LogP contribution in [0.2, 0.25) is 0 Å². The molecule has 1 heterocycles. The molecule has 18 heavy (non-hydrogen) atoms. The van der Waals surface area contributed by atoms with Crippen LogP contribution in [0.25, 0.3) is 10.8 Å². The second-order valence-corrected chi connectivity index (χ2v) is 3.98. The maximum atomic E-state index is 12.1. The second kappa shape index (κ2) is 5.33. The van der Waals surface area contributed by atoms with Crippen molar-refractivity contribution in [2.75, 3.05) is 0 Å². The standard InChI is InChI=1S/C15H14N2O/c1-3-12(4-2)17-15(18)14-13-8-6-5-7-11(13)9-10-16-14/h1,5-10,12H,4H2,2H3,(H,17,18). The molecule has 0 fully saturated rings. The summed E-state index contributed by atoms with van der Waals surface area (Å²) >= 11 is 0. The molecule has 0 bridgehead atoms. The van der Waals surface area contributed by atoms with E-state index in [1.54, 1.807) is 6.20 Å². The second-order valence-electron chi connectivity index (χ2n) is 3.98. The van der Waals surface area contributed by atoms with Crippen LogP contribution in [0, 0.1) is 12.3 Å². The largest absolute Gasteiger partial charge is 0.337 e. The average molecular weight is 238 g/mol. The number of benzene rings is 1. The van der Waals surface area contributed by atoms with Gasteiger partial charge in [-0.2, -0.15) is 0 Å². The normalized spacial score (nSPS) is 11.8. The fourth-order valence-corrected chi connectivity index (χ4v) is 1.79. The number of carbonyl (C=O) groups excluding carboxylic acids is 1. The molecule has 1 aromatic heterocycles. The highest BCUT2D eigenvalue weighted by Crippen LogP contribution is 2.16. The van der Waals surface area contributed by atoms with E-state index in [0.29, 0.717) is 12.1 Å². The molecular weight excluding hydrogens is 224 g/mol. The molecule has 0 saturated carbocycles. The minimum Gasteiger partial charge on any atom is -0.337 e. The SMILES string of the molecule is C#CC(CC)NC(=O)c1nccc2ccccc12. The number of pyridine rings is 1. The lowest BCUT2D eigenvalue weighted by atomic mass is 10.1. The number of fused-ring (bicyclic) bond motifs is 1. The van der Waals surface area contributed by atoms with Gasteiger partial charge < -0.3 is 5.32 Å². The molecule has 0 radical (unpaired) electrons. The predicted molar refractivity (Wildman–Crippen MR) is 72.1 cm³/mol. The summed E-state index contributed by atoms with van der Waals surface area (Å²) in [6.07, 6.45) is 7.67. The van der Waals surface area contributed by atoms with Gasteiger partial charge in [0, 0.05) is 11.6 Å². The van der Waals surface area contributed by atoms with E-state index in [1.165, 1.54) is 0 Å². The topological polar surface area (TPSA) is 42.0 Å². The molecule has 0 saturated heterocycles. The Balaban J connectivity index is 2.37. The van der Waals surface area contributed by atoms with Crippen molar-refractivity contribution in [3.8, 4) is 12.3 Å². The Hall–Kier alpha value is -2.34. The number of terminal acetylenes is 1. The van der Waals surface area contributed by atoms with Crippen LogP contribution in [0.3, 0.4) is 0 Å². The minimum atomic E-state index is -0.252. The van der Waals surface area contributed by atoms with Crippen molar-refractivity contribution in [2.45, 2.75) is 19.4 Å². The van der Waals surface area contributed by atoms with Gasteiger partial charge in [0.2, 0.25) is 0 Å². The summed E-state index contributed by atoms with van der Waals surface area (Å²) in [7, 11) is 0. The van der Waals surface area contributed by atoms with Gasteiger partial charge in [-0.05, 0) is 17.9 Å². The lowest BCUT2D eigenvalue weighted by Crippen LogP contribution is -2.33. The van der Waals surface area contributed by atoms with Crippen molar-refractivity contribution >= 4 is 16.7 Å². The molecule has 0 aliphatic rings. The van der Waals surface area contributed by atoms with E-state index in [2.05, 4.69) is 16.2 Å². The lowest BCUT2D eigenvalue weighted by Gasteiger charge is -2.11. The Labute approximate surface area is 106 Å². The Morgan fingerprint density at radius 2 is 2.22 bits per heavy atom. The van der Waals surface area contributed by atoms with E-state index in [0.717, 1.165) is 10.8 Å². The summed E-state index contributed by atoms with van der Waals surface area (Å²) in [5, 5.41) is 4.62. The maximum Gasteiger partial charge on any atom is 0.271 e. The zero-order chi connectivity index (χ0) is 13.0. The molecule has 1 amide bonds. The van der Waals surface area contributed by atoms with Gasteiger partial charge in [0.1, 0.15) is 5.69 Å². The van der Waals surface area contributed by atoms with Crippen LogP contribution in [0.1, 0.15) is 23.8 Å². The fraction of sp³-hybridized carbons (Fsp3) is 0.200. The monoisotopic (exact) mass is 238 g/mol. The van der Waals surface area contributed by atoms with Crippen LogP contribution in [-0.4, -0.2) is 16.9 Å². The summed E-state index contributed by atoms with van der Waals surface area (Å²) in [4.78, 5) is 16.3. The van der Waals surface area contributed by atoms with E-state index in [9.17, 15) is 4.79 Å². The smallest absolute Gasteiger partial charge is 0.271 e. The van der Waals surface area contributed by atoms with Crippen molar-refractivity contribution in [3.05, 3.63) is 42.2 Å². The number of carbonyl (C=O) groups is 1. The number of hydrogen-bond donors (Lipinski definition) is 1. The number of nitrogens with zero attached hydrogens (tertiary/aromatic N) is 1. The number of amides is 1. The average Bonchev–Trinajstić information content (AvgIpc) is 2.43. The van der Waals surface area contributed by atoms with Crippen LogP contribution in [0.4, 0.5) is 0 Å². The number of aromatic nitrogens is 1. The summed E-state index contributed by atoms with van der Waals surface area (Å²) < 4.78 is 0. The first-order chi connectivity index (χ1) is 8.76. The number of nitrogens with one attached hydrogen (secondary N) is 1. The van der Waals surface area contributed by atoms with Crippen LogP contribution in [-0.2, 0) is 0 Å². The molecule has 0 spiro atoms. The third kappa shape index (κ3) is 2.33. The van der Waals surface area contributed by atoms with Gasteiger partial charge >= 0.3 is 0 Å². The zero-order valence-electron chi connectivity index (χ0n) is 10.2. The van der Waals surface area contributed by atoms with Gasteiger partial charge in [-0.25, -0.2) is 0 Å². The summed E-state index contributed by atoms with van der Waals surface area (Å²) in [6.45, 7) is 1.93. The third-order valence-corrected chi connectivity index (χ3v) is 2.80.